The zero-order valence-electron chi connectivity index (χ0n) is 12.6. The van der Waals surface area contributed by atoms with Crippen molar-refractivity contribution in [3.05, 3.63) is 34.9 Å². The molecule has 0 aromatic heterocycles. The standard InChI is InChI=1S/C14H21ClN2O4S/c1-21-9-3-8-16-14(18)10-13(17-22(2,19)20)11-4-6-12(15)7-5-11/h4-7,13,17H,3,8-10H2,1-2H3,(H,16,18). The van der Waals surface area contributed by atoms with Gasteiger partial charge in [-0.05, 0) is 24.1 Å². The molecule has 0 spiro atoms. The Labute approximate surface area is 136 Å². The fourth-order valence-electron chi connectivity index (χ4n) is 1.88. The summed E-state index contributed by atoms with van der Waals surface area (Å²) in [6.07, 6.45) is 1.78. The van der Waals surface area contributed by atoms with Crippen LogP contribution in [0.3, 0.4) is 0 Å². The Hall–Kier alpha value is -1.15. The quantitative estimate of drug-likeness (QED) is 0.662. The van der Waals surface area contributed by atoms with E-state index in [1.165, 1.54) is 0 Å². The summed E-state index contributed by atoms with van der Waals surface area (Å²) in [5, 5.41) is 3.28. The van der Waals surface area contributed by atoms with Crippen LogP contribution in [0.5, 0.6) is 0 Å². The molecule has 1 aromatic carbocycles. The Morgan fingerprint density at radius 2 is 1.95 bits per heavy atom. The maximum atomic E-state index is 11.9. The van der Waals surface area contributed by atoms with Gasteiger partial charge in [-0.25, -0.2) is 13.1 Å². The number of sulfonamides is 1. The predicted octanol–water partition coefficient (Wildman–Crippen LogP) is 1.47. The van der Waals surface area contributed by atoms with Gasteiger partial charge in [0.1, 0.15) is 0 Å². The topological polar surface area (TPSA) is 84.5 Å². The SMILES string of the molecule is COCCCNC(=O)CC(NS(C)(=O)=O)c1ccc(Cl)cc1. The van der Waals surface area contributed by atoms with Gasteiger partial charge in [0.15, 0.2) is 0 Å². The molecular formula is C14H21ClN2O4S. The van der Waals surface area contributed by atoms with Crippen LogP contribution in [0.25, 0.3) is 0 Å². The molecule has 0 aliphatic carbocycles. The van der Waals surface area contributed by atoms with Crippen molar-refractivity contribution in [1.29, 1.82) is 0 Å². The second-order valence-corrected chi connectivity index (χ2v) is 7.11. The molecule has 0 aliphatic rings. The molecule has 2 N–H and O–H groups in total. The number of halogens is 1. The van der Waals surface area contributed by atoms with Gasteiger partial charge in [-0.2, -0.15) is 0 Å². The Kier molecular flexibility index (Phi) is 7.81. The summed E-state index contributed by atoms with van der Waals surface area (Å²) in [6, 6.07) is 6.08. The van der Waals surface area contributed by atoms with Crippen LogP contribution < -0.4 is 10.0 Å². The van der Waals surface area contributed by atoms with Crippen LogP contribution in [-0.4, -0.2) is 40.8 Å². The minimum atomic E-state index is -3.44. The Bertz CT molecular complexity index is 575. The van der Waals surface area contributed by atoms with E-state index in [1.54, 1.807) is 31.4 Å². The molecule has 1 atom stereocenters. The van der Waals surface area contributed by atoms with Gasteiger partial charge in [0, 0.05) is 31.7 Å². The molecule has 124 valence electrons. The second-order valence-electron chi connectivity index (χ2n) is 4.89. The van der Waals surface area contributed by atoms with Crippen molar-refractivity contribution < 1.29 is 17.9 Å². The first kappa shape index (κ1) is 18.9. The molecule has 22 heavy (non-hydrogen) atoms. The molecular weight excluding hydrogens is 328 g/mol. The van der Waals surface area contributed by atoms with Crippen LogP contribution >= 0.6 is 11.6 Å². The third-order valence-corrected chi connectivity index (χ3v) is 3.83. The molecule has 0 saturated carbocycles. The number of amides is 1. The van der Waals surface area contributed by atoms with E-state index in [2.05, 4.69) is 10.0 Å². The van der Waals surface area contributed by atoms with E-state index in [0.717, 1.165) is 6.26 Å². The van der Waals surface area contributed by atoms with Gasteiger partial charge in [-0.15, -0.1) is 0 Å². The molecule has 0 bridgehead atoms. The average Bonchev–Trinajstić information content (AvgIpc) is 2.42. The molecule has 1 aromatic rings. The van der Waals surface area contributed by atoms with Gasteiger partial charge in [0.05, 0.1) is 12.3 Å². The van der Waals surface area contributed by atoms with Crippen molar-refractivity contribution in [3.63, 3.8) is 0 Å². The van der Waals surface area contributed by atoms with Crippen LogP contribution in [-0.2, 0) is 19.6 Å². The highest BCUT2D eigenvalue weighted by molar-refractivity contribution is 7.88. The van der Waals surface area contributed by atoms with E-state index < -0.39 is 16.1 Å². The van der Waals surface area contributed by atoms with Crippen LogP contribution in [0.2, 0.25) is 5.02 Å². The first-order valence-corrected chi connectivity index (χ1v) is 9.07. The van der Waals surface area contributed by atoms with Crippen molar-refractivity contribution in [2.75, 3.05) is 26.5 Å². The van der Waals surface area contributed by atoms with E-state index in [0.29, 0.717) is 30.2 Å². The monoisotopic (exact) mass is 348 g/mol. The fraction of sp³-hybridized carbons (Fsp3) is 0.500. The number of methoxy groups -OCH3 is 1. The minimum Gasteiger partial charge on any atom is -0.385 e. The Morgan fingerprint density at radius 3 is 2.50 bits per heavy atom. The molecule has 6 nitrogen and oxygen atoms in total. The van der Waals surface area contributed by atoms with E-state index in [4.69, 9.17) is 16.3 Å². The van der Waals surface area contributed by atoms with E-state index in [9.17, 15) is 13.2 Å². The van der Waals surface area contributed by atoms with Crippen molar-refractivity contribution in [3.8, 4) is 0 Å². The van der Waals surface area contributed by atoms with E-state index in [-0.39, 0.29) is 12.3 Å². The lowest BCUT2D eigenvalue weighted by Gasteiger charge is -2.18. The third-order valence-electron chi connectivity index (χ3n) is 2.87. The van der Waals surface area contributed by atoms with Gasteiger partial charge >= 0.3 is 0 Å². The number of benzene rings is 1. The highest BCUT2D eigenvalue weighted by Crippen LogP contribution is 2.20. The normalized spacial score (nSPS) is 12.9. The lowest BCUT2D eigenvalue weighted by atomic mass is 10.0. The van der Waals surface area contributed by atoms with Crippen molar-refractivity contribution in [1.82, 2.24) is 10.0 Å². The average molecular weight is 349 g/mol. The number of carbonyl (C=O) groups excluding carboxylic acids is 1. The number of rotatable bonds is 9. The van der Waals surface area contributed by atoms with Gasteiger partial charge < -0.3 is 10.1 Å². The van der Waals surface area contributed by atoms with Crippen molar-refractivity contribution in [2.45, 2.75) is 18.9 Å². The van der Waals surface area contributed by atoms with Crippen LogP contribution in [0.4, 0.5) is 0 Å². The van der Waals surface area contributed by atoms with Crippen molar-refractivity contribution in [2.24, 2.45) is 0 Å². The summed E-state index contributed by atoms with van der Waals surface area (Å²) in [5.41, 5.74) is 0.682. The third kappa shape index (κ3) is 7.74. The van der Waals surface area contributed by atoms with E-state index >= 15 is 0 Å². The summed E-state index contributed by atoms with van der Waals surface area (Å²) in [7, 11) is -1.85. The molecule has 1 unspecified atom stereocenters. The van der Waals surface area contributed by atoms with E-state index in [1.807, 2.05) is 0 Å². The highest BCUT2D eigenvalue weighted by Gasteiger charge is 2.19. The first-order chi connectivity index (χ1) is 10.3. The summed E-state index contributed by atoms with van der Waals surface area (Å²) < 4.78 is 30.3. The fourth-order valence-corrected chi connectivity index (χ4v) is 2.75. The molecule has 0 saturated heterocycles. The smallest absolute Gasteiger partial charge is 0.221 e. The largest absolute Gasteiger partial charge is 0.385 e. The zero-order chi connectivity index (χ0) is 16.6. The van der Waals surface area contributed by atoms with Crippen LogP contribution in [0.1, 0.15) is 24.4 Å². The molecule has 1 amide bonds. The molecule has 0 fully saturated rings. The molecule has 0 heterocycles. The van der Waals surface area contributed by atoms with Gasteiger partial charge in [-0.1, -0.05) is 23.7 Å². The molecule has 8 heteroatoms. The highest BCUT2D eigenvalue weighted by atomic mass is 35.5. The van der Waals surface area contributed by atoms with Crippen LogP contribution in [0.15, 0.2) is 24.3 Å². The maximum absolute atomic E-state index is 11.9. The zero-order valence-corrected chi connectivity index (χ0v) is 14.2. The molecule has 0 aliphatic heterocycles. The first-order valence-electron chi connectivity index (χ1n) is 6.80. The number of ether oxygens (including phenoxy) is 1. The summed E-state index contributed by atoms with van der Waals surface area (Å²) in [4.78, 5) is 11.9. The molecule has 1 rings (SSSR count). The Balaban J connectivity index is 2.70. The molecule has 0 radical (unpaired) electrons. The minimum absolute atomic E-state index is 0.0156. The van der Waals surface area contributed by atoms with Gasteiger partial charge in [-0.3, -0.25) is 4.79 Å². The number of carbonyl (C=O) groups is 1. The Morgan fingerprint density at radius 1 is 1.32 bits per heavy atom. The summed E-state index contributed by atoms with van der Waals surface area (Å²) in [6.45, 7) is 1.04. The van der Waals surface area contributed by atoms with Gasteiger partial charge in [0.2, 0.25) is 15.9 Å². The second kappa shape index (κ2) is 9.09. The number of hydrogen-bond donors (Lipinski definition) is 2. The lowest BCUT2D eigenvalue weighted by molar-refractivity contribution is -0.121. The number of nitrogens with one attached hydrogen (secondary N) is 2. The van der Waals surface area contributed by atoms with Gasteiger partial charge in [0.25, 0.3) is 0 Å². The predicted molar refractivity (Wildman–Crippen MR) is 86.3 cm³/mol. The summed E-state index contributed by atoms with van der Waals surface area (Å²) in [5.74, 6) is -0.229. The van der Waals surface area contributed by atoms with Crippen LogP contribution in [0, 0.1) is 0 Å². The summed E-state index contributed by atoms with van der Waals surface area (Å²) >= 11 is 5.82. The van der Waals surface area contributed by atoms with Crippen molar-refractivity contribution >= 4 is 27.5 Å². The number of hydrogen-bond acceptors (Lipinski definition) is 4. The lowest BCUT2D eigenvalue weighted by Crippen LogP contribution is -2.33. The maximum Gasteiger partial charge on any atom is 0.221 e.